The minimum absolute atomic E-state index is 0.0463. The zero-order chi connectivity index (χ0) is 19.2. The number of likely N-dealkylation sites (tertiary alicyclic amines) is 1. The number of nitrogens with one attached hydrogen (secondary N) is 1. The van der Waals surface area contributed by atoms with Gasteiger partial charge in [-0.3, -0.25) is 9.69 Å². The molecule has 1 aliphatic rings. The van der Waals surface area contributed by atoms with Crippen molar-refractivity contribution in [3.63, 3.8) is 0 Å². The monoisotopic (exact) mass is 368 g/mol. The SMILES string of the molecule is CCCc1ccc(C(=O)NCC2CCN(Cc3cc(C)oc3C)CC2)cc1. The molecule has 1 aromatic heterocycles. The minimum atomic E-state index is 0.0463. The van der Waals surface area contributed by atoms with Gasteiger partial charge in [-0.2, -0.15) is 0 Å². The van der Waals surface area contributed by atoms with Crippen LogP contribution in [-0.2, 0) is 13.0 Å². The number of hydrogen-bond donors (Lipinski definition) is 1. The average molecular weight is 369 g/mol. The summed E-state index contributed by atoms with van der Waals surface area (Å²) in [5.41, 5.74) is 3.35. The van der Waals surface area contributed by atoms with Crippen LogP contribution in [0, 0.1) is 19.8 Å². The van der Waals surface area contributed by atoms with Crippen LogP contribution in [0.1, 0.15) is 59.2 Å². The van der Waals surface area contributed by atoms with Crippen molar-refractivity contribution in [2.75, 3.05) is 19.6 Å². The topological polar surface area (TPSA) is 45.5 Å². The molecule has 1 saturated heterocycles. The number of carbonyl (C=O) groups excluding carboxylic acids is 1. The first-order chi connectivity index (χ1) is 13.0. The average Bonchev–Trinajstić information content (AvgIpc) is 2.98. The molecular weight excluding hydrogens is 336 g/mol. The molecule has 1 aromatic carbocycles. The highest BCUT2D eigenvalue weighted by atomic mass is 16.3. The Morgan fingerprint density at radius 3 is 2.48 bits per heavy atom. The van der Waals surface area contributed by atoms with Crippen molar-refractivity contribution in [2.24, 2.45) is 5.92 Å². The molecule has 4 nitrogen and oxygen atoms in total. The molecule has 2 aromatic rings. The van der Waals surface area contributed by atoms with Gasteiger partial charge in [0.25, 0.3) is 5.91 Å². The van der Waals surface area contributed by atoms with E-state index >= 15 is 0 Å². The van der Waals surface area contributed by atoms with Crippen molar-refractivity contribution in [3.8, 4) is 0 Å². The van der Waals surface area contributed by atoms with Crippen molar-refractivity contribution in [1.29, 1.82) is 0 Å². The molecule has 0 spiro atoms. The third-order valence-electron chi connectivity index (χ3n) is 5.55. The van der Waals surface area contributed by atoms with Crippen LogP contribution >= 0.6 is 0 Å². The lowest BCUT2D eigenvalue weighted by Crippen LogP contribution is -2.38. The summed E-state index contributed by atoms with van der Waals surface area (Å²) >= 11 is 0. The lowest BCUT2D eigenvalue weighted by Gasteiger charge is -2.31. The van der Waals surface area contributed by atoms with Crippen LogP contribution in [0.3, 0.4) is 0 Å². The van der Waals surface area contributed by atoms with E-state index in [9.17, 15) is 4.79 Å². The standard InChI is InChI=1S/C23H32N2O2/c1-4-5-19-6-8-21(9-7-19)23(26)24-15-20-10-12-25(13-11-20)16-22-14-17(2)27-18(22)3/h6-9,14,20H,4-5,10-13,15-16H2,1-3H3,(H,24,26). The smallest absolute Gasteiger partial charge is 0.251 e. The van der Waals surface area contributed by atoms with E-state index in [4.69, 9.17) is 4.42 Å². The highest BCUT2D eigenvalue weighted by molar-refractivity contribution is 5.94. The number of carbonyl (C=O) groups is 1. The molecule has 1 amide bonds. The van der Waals surface area contributed by atoms with E-state index in [1.54, 1.807) is 0 Å². The van der Waals surface area contributed by atoms with Gasteiger partial charge in [0.2, 0.25) is 0 Å². The fraction of sp³-hybridized carbons (Fsp3) is 0.522. The molecule has 1 fully saturated rings. The van der Waals surface area contributed by atoms with Gasteiger partial charge in [-0.15, -0.1) is 0 Å². The Morgan fingerprint density at radius 2 is 1.89 bits per heavy atom. The maximum absolute atomic E-state index is 12.4. The van der Waals surface area contributed by atoms with Crippen LogP contribution in [0.25, 0.3) is 0 Å². The molecule has 27 heavy (non-hydrogen) atoms. The van der Waals surface area contributed by atoms with Crippen LogP contribution in [0.2, 0.25) is 0 Å². The minimum Gasteiger partial charge on any atom is -0.466 e. The summed E-state index contributed by atoms with van der Waals surface area (Å²) in [6, 6.07) is 10.2. The summed E-state index contributed by atoms with van der Waals surface area (Å²) < 4.78 is 5.63. The second-order valence-electron chi connectivity index (χ2n) is 7.81. The highest BCUT2D eigenvalue weighted by Crippen LogP contribution is 2.21. The van der Waals surface area contributed by atoms with Gasteiger partial charge in [0.05, 0.1) is 0 Å². The van der Waals surface area contributed by atoms with Crippen LogP contribution in [0.5, 0.6) is 0 Å². The van der Waals surface area contributed by atoms with Crippen LogP contribution in [0.4, 0.5) is 0 Å². The van der Waals surface area contributed by atoms with E-state index in [1.165, 1.54) is 11.1 Å². The Labute approximate surface area is 162 Å². The van der Waals surface area contributed by atoms with E-state index in [0.29, 0.717) is 5.92 Å². The Kier molecular flexibility index (Phi) is 6.73. The van der Waals surface area contributed by atoms with Crippen molar-refractivity contribution in [3.05, 3.63) is 58.5 Å². The Balaban J connectivity index is 1.41. The molecule has 0 aliphatic carbocycles. The molecule has 0 radical (unpaired) electrons. The van der Waals surface area contributed by atoms with E-state index in [1.807, 2.05) is 26.0 Å². The predicted molar refractivity (Wildman–Crippen MR) is 109 cm³/mol. The summed E-state index contributed by atoms with van der Waals surface area (Å²) in [7, 11) is 0. The molecule has 0 atom stereocenters. The second-order valence-corrected chi connectivity index (χ2v) is 7.81. The molecule has 3 rings (SSSR count). The van der Waals surface area contributed by atoms with Crippen LogP contribution in [0.15, 0.2) is 34.7 Å². The Morgan fingerprint density at radius 1 is 1.19 bits per heavy atom. The zero-order valence-corrected chi connectivity index (χ0v) is 16.9. The lowest BCUT2D eigenvalue weighted by molar-refractivity contribution is 0.0935. The number of benzene rings is 1. The molecule has 0 saturated carbocycles. The first-order valence-corrected chi connectivity index (χ1v) is 10.2. The number of aryl methyl sites for hydroxylation is 3. The van der Waals surface area contributed by atoms with Crippen molar-refractivity contribution < 1.29 is 9.21 Å². The van der Waals surface area contributed by atoms with E-state index in [2.05, 4.69) is 35.3 Å². The molecule has 0 unspecified atom stereocenters. The molecule has 2 heterocycles. The highest BCUT2D eigenvalue weighted by Gasteiger charge is 2.21. The summed E-state index contributed by atoms with van der Waals surface area (Å²) in [4.78, 5) is 14.9. The van der Waals surface area contributed by atoms with E-state index in [0.717, 1.165) is 68.9 Å². The molecule has 4 heteroatoms. The fourth-order valence-corrected chi connectivity index (χ4v) is 3.88. The van der Waals surface area contributed by atoms with Crippen LogP contribution in [-0.4, -0.2) is 30.4 Å². The largest absolute Gasteiger partial charge is 0.466 e. The Bertz CT molecular complexity index is 740. The van der Waals surface area contributed by atoms with E-state index < -0.39 is 0 Å². The van der Waals surface area contributed by atoms with Gasteiger partial charge >= 0.3 is 0 Å². The summed E-state index contributed by atoms with van der Waals surface area (Å²) in [5, 5.41) is 3.12. The normalized spacial score (nSPS) is 15.8. The van der Waals surface area contributed by atoms with E-state index in [-0.39, 0.29) is 5.91 Å². The number of furan rings is 1. The van der Waals surface area contributed by atoms with Crippen LogP contribution < -0.4 is 5.32 Å². The first kappa shape index (κ1) is 19.7. The van der Waals surface area contributed by atoms with Gasteiger partial charge in [-0.05, 0) is 75.9 Å². The van der Waals surface area contributed by atoms with Gasteiger partial charge in [0.15, 0.2) is 0 Å². The lowest BCUT2D eigenvalue weighted by atomic mass is 9.96. The number of amides is 1. The maximum atomic E-state index is 12.4. The predicted octanol–water partition coefficient (Wildman–Crippen LogP) is 4.49. The third-order valence-corrected chi connectivity index (χ3v) is 5.55. The molecule has 1 N–H and O–H groups in total. The quantitative estimate of drug-likeness (QED) is 0.783. The Hall–Kier alpha value is -2.07. The van der Waals surface area contributed by atoms with Crippen molar-refractivity contribution in [1.82, 2.24) is 10.2 Å². The number of rotatable bonds is 7. The molecular formula is C23H32N2O2. The number of piperidine rings is 1. The summed E-state index contributed by atoms with van der Waals surface area (Å²) in [6.07, 6.45) is 4.46. The molecule has 1 aliphatic heterocycles. The summed E-state index contributed by atoms with van der Waals surface area (Å²) in [6.45, 7) is 10.1. The van der Waals surface area contributed by atoms with Gasteiger partial charge < -0.3 is 9.73 Å². The number of nitrogens with zero attached hydrogens (tertiary/aromatic N) is 1. The van der Waals surface area contributed by atoms with Gasteiger partial charge in [0, 0.05) is 24.2 Å². The zero-order valence-electron chi connectivity index (χ0n) is 16.9. The maximum Gasteiger partial charge on any atom is 0.251 e. The third kappa shape index (κ3) is 5.46. The number of hydrogen-bond acceptors (Lipinski definition) is 3. The molecule has 146 valence electrons. The van der Waals surface area contributed by atoms with Gasteiger partial charge in [-0.25, -0.2) is 0 Å². The van der Waals surface area contributed by atoms with Crippen molar-refractivity contribution >= 4 is 5.91 Å². The fourth-order valence-electron chi connectivity index (χ4n) is 3.88. The van der Waals surface area contributed by atoms with Gasteiger partial charge in [0.1, 0.15) is 11.5 Å². The second kappa shape index (κ2) is 9.23. The van der Waals surface area contributed by atoms with Gasteiger partial charge in [-0.1, -0.05) is 25.5 Å². The first-order valence-electron chi connectivity index (χ1n) is 10.2. The molecule has 0 bridgehead atoms. The van der Waals surface area contributed by atoms with Crippen molar-refractivity contribution in [2.45, 2.75) is 53.0 Å². The summed E-state index contributed by atoms with van der Waals surface area (Å²) in [5.74, 6) is 2.64.